The Morgan fingerprint density at radius 3 is 2.94 bits per heavy atom. The molecule has 2 N–H and O–H groups in total. The van der Waals surface area contributed by atoms with Crippen molar-refractivity contribution in [2.75, 3.05) is 13.1 Å². The third kappa shape index (κ3) is 3.33. The molecule has 0 radical (unpaired) electrons. The minimum Gasteiger partial charge on any atom is -0.354 e. The van der Waals surface area contributed by atoms with Crippen molar-refractivity contribution < 1.29 is 4.79 Å². The summed E-state index contributed by atoms with van der Waals surface area (Å²) >= 11 is 0. The van der Waals surface area contributed by atoms with Gasteiger partial charge < -0.3 is 10.6 Å². The van der Waals surface area contributed by atoms with E-state index in [0.717, 1.165) is 32.4 Å². The van der Waals surface area contributed by atoms with Crippen LogP contribution in [0.1, 0.15) is 29.5 Å². The zero-order valence-electron chi connectivity index (χ0n) is 11.3. The van der Waals surface area contributed by atoms with Gasteiger partial charge in [0.15, 0.2) is 0 Å². The fraction of sp³-hybridized carbons (Fsp3) is 0.533. The van der Waals surface area contributed by atoms with Crippen molar-refractivity contribution in [3.05, 3.63) is 34.9 Å². The maximum atomic E-state index is 11.8. The second kappa shape index (κ2) is 6.01. The molecule has 0 aliphatic carbocycles. The van der Waals surface area contributed by atoms with Crippen molar-refractivity contribution in [2.24, 2.45) is 0 Å². The van der Waals surface area contributed by atoms with Gasteiger partial charge in [-0.3, -0.25) is 4.79 Å². The molecule has 1 saturated heterocycles. The van der Waals surface area contributed by atoms with Gasteiger partial charge in [0.2, 0.25) is 5.91 Å². The minimum atomic E-state index is 0.0316. The number of hydrogen-bond donors (Lipinski definition) is 2. The number of benzene rings is 1. The molecule has 1 aliphatic heterocycles. The molecule has 0 saturated carbocycles. The number of aryl methyl sites for hydroxylation is 2. The van der Waals surface area contributed by atoms with Crippen molar-refractivity contribution >= 4 is 5.91 Å². The Labute approximate surface area is 109 Å². The van der Waals surface area contributed by atoms with Crippen LogP contribution in [0, 0.1) is 13.8 Å². The normalized spacial score (nSPS) is 18.9. The van der Waals surface area contributed by atoms with E-state index in [1.807, 2.05) is 0 Å². The monoisotopic (exact) mass is 246 g/mol. The van der Waals surface area contributed by atoms with Gasteiger partial charge in [0.1, 0.15) is 0 Å². The zero-order valence-corrected chi connectivity index (χ0v) is 11.3. The van der Waals surface area contributed by atoms with Gasteiger partial charge in [0.25, 0.3) is 0 Å². The third-order valence-corrected chi connectivity index (χ3v) is 3.57. The molecule has 1 aromatic carbocycles. The highest BCUT2D eigenvalue weighted by Gasteiger charge is 2.21. The molecule has 0 aromatic heterocycles. The Kier molecular flexibility index (Phi) is 4.37. The maximum absolute atomic E-state index is 11.8. The lowest BCUT2D eigenvalue weighted by Crippen LogP contribution is -2.41. The van der Waals surface area contributed by atoms with Crippen molar-refractivity contribution in [2.45, 2.75) is 39.2 Å². The van der Waals surface area contributed by atoms with Crippen LogP contribution in [0.15, 0.2) is 18.2 Å². The van der Waals surface area contributed by atoms with Crippen molar-refractivity contribution in [3.8, 4) is 0 Å². The summed E-state index contributed by atoms with van der Waals surface area (Å²) in [6.07, 6.45) is 2.98. The third-order valence-electron chi connectivity index (χ3n) is 3.57. The highest BCUT2D eigenvalue weighted by Crippen LogP contribution is 2.11. The summed E-state index contributed by atoms with van der Waals surface area (Å²) in [7, 11) is 0. The molecule has 18 heavy (non-hydrogen) atoms. The first-order chi connectivity index (χ1) is 8.66. The highest BCUT2D eigenvalue weighted by atomic mass is 16.2. The Morgan fingerprint density at radius 2 is 2.28 bits per heavy atom. The summed E-state index contributed by atoms with van der Waals surface area (Å²) < 4.78 is 0. The van der Waals surface area contributed by atoms with E-state index in [0.29, 0.717) is 0 Å². The maximum Gasteiger partial charge on any atom is 0.237 e. The summed E-state index contributed by atoms with van der Waals surface area (Å²) in [6.45, 7) is 5.92. The smallest absolute Gasteiger partial charge is 0.237 e. The first-order valence-electron chi connectivity index (χ1n) is 6.74. The molecule has 0 bridgehead atoms. The molecule has 1 aliphatic rings. The molecular weight excluding hydrogens is 224 g/mol. The molecule has 1 aromatic rings. The topological polar surface area (TPSA) is 41.1 Å². The lowest BCUT2D eigenvalue weighted by molar-refractivity contribution is -0.122. The van der Waals surface area contributed by atoms with E-state index in [2.05, 4.69) is 42.7 Å². The molecular formula is C15H22N2O. The van der Waals surface area contributed by atoms with Gasteiger partial charge in [-0.15, -0.1) is 0 Å². The van der Waals surface area contributed by atoms with Crippen LogP contribution in [0.3, 0.4) is 0 Å². The summed E-state index contributed by atoms with van der Waals surface area (Å²) in [4.78, 5) is 11.8. The average molecular weight is 246 g/mol. The predicted molar refractivity (Wildman–Crippen MR) is 73.7 cm³/mol. The fourth-order valence-electron chi connectivity index (χ4n) is 2.48. The molecule has 98 valence electrons. The van der Waals surface area contributed by atoms with Crippen LogP contribution in [0.25, 0.3) is 0 Å². The first-order valence-corrected chi connectivity index (χ1v) is 6.74. The zero-order chi connectivity index (χ0) is 13.0. The van der Waals surface area contributed by atoms with Crippen LogP contribution >= 0.6 is 0 Å². The van der Waals surface area contributed by atoms with E-state index in [1.54, 1.807) is 0 Å². The number of carbonyl (C=O) groups is 1. The molecule has 1 amide bonds. The number of rotatable bonds is 4. The van der Waals surface area contributed by atoms with Gasteiger partial charge in [-0.25, -0.2) is 0 Å². The quantitative estimate of drug-likeness (QED) is 0.849. The largest absolute Gasteiger partial charge is 0.354 e. The lowest BCUT2D eigenvalue weighted by Gasteiger charge is -2.12. The molecule has 1 heterocycles. The predicted octanol–water partition coefficient (Wildman–Crippen LogP) is 1.71. The van der Waals surface area contributed by atoms with E-state index < -0.39 is 0 Å². The summed E-state index contributed by atoms with van der Waals surface area (Å²) in [5.41, 5.74) is 3.92. The fourth-order valence-corrected chi connectivity index (χ4v) is 2.48. The van der Waals surface area contributed by atoms with Crippen molar-refractivity contribution in [1.29, 1.82) is 0 Å². The van der Waals surface area contributed by atoms with Gasteiger partial charge in [-0.1, -0.05) is 23.8 Å². The van der Waals surface area contributed by atoms with Crippen LogP contribution in [0.2, 0.25) is 0 Å². The Balaban J connectivity index is 1.79. The van der Waals surface area contributed by atoms with E-state index in [1.165, 1.54) is 16.7 Å². The Bertz CT molecular complexity index is 423. The second-order valence-electron chi connectivity index (χ2n) is 5.12. The van der Waals surface area contributed by atoms with Crippen molar-refractivity contribution in [1.82, 2.24) is 10.6 Å². The van der Waals surface area contributed by atoms with E-state index in [-0.39, 0.29) is 11.9 Å². The van der Waals surface area contributed by atoms with Crippen LogP contribution in [0.4, 0.5) is 0 Å². The molecule has 1 fully saturated rings. The van der Waals surface area contributed by atoms with Crippen molar-refractivity contribution in [3.63, 3.8) is 0 Å². The SMILES string of the molecule is Cc1ccc(CCNC(=O)C2CCCN2)c(C)c1. The summed E-state index contributed by atoms with van der Waals surface area (Å²) in [6, 6.07) is 6.51. The lowest BCUT2D eigenvalue weighted by atomic mass is 10.0. The molecule has 0 spiro atoms. The number of nitrogens with one attached hydrogen (secondary N) is 2. The number of amides is 1. The van der Waals surface area contributed by atoms with E-state index in [4.69, 9.17) is 0 Å². The van der Waals surface area contributed by atoms with Gasteiger partial charge in [0.05, 0.1) is 6.04 Å². The minimum absolute atomic E-state index is 0.0316. The highest BCUT2D eigenvalue weighted by molar-refractivity contribution is 5.81. The van der Waals surface area contributed by atoms with Gasteiger partial charge in [-0.2, -0.15) is 0 Å². The Morgan fingerprint density at radius 1 is 1.44 bits per heavy atom. The van der Waals surface area contributed by atoms with Crippen LogP contribution in [-0.4, -0.2) is 25.0 Å². The average Bonchev–Trinajstić information content (AvgIpc) is 2.85. The summed E-state index contributed by atoms with van der Waals surface area (Å²) in [5.74, 6) is 0.150. The van der Waals surface area contributed by atoms with Gasteiger partial charge >= 0.3 is 0 Å². The number of carbonyl (C=O) groups excluding carboxylic acids is 1. The molecule has 3 nitrogen and oxygen atoms in total. The second-order valence-corrected chi connectivity index (χ2v) is 5.12. The van der Waals surface area contributed by atoms with Crippen LogP contribution in [0.5, 0.6) is 0 Å². The Hall–Kier alpha value is -1.35. The van der Waals surface area contributed by atoms with Crippen LogP contribution in [-0.2, 0) is 11.2 Å². The molecule has 2 rings (SSSR count). The van der Waals surface area contributed by atoms with Gasteiger partial charge in [-0.05, 0) is 50.8 Å². The standard InChI is InChI=1S/C15H22N2O/c1-11-5-6-13(12(2)10-11)7-9-17-15(18)14-4-3-8-16-14/h5-6,10,14,16H,3-4,7-9H2,1-2H3,(H,17,18). The van der Waals surface area contributed by atoms with Gasteiger partial charge in [0, 0.05) is 6.54 Å². The first kappa shape index (κ1) is 13.1. The van der Waals surface area contributed by atoms with E-state index in [9.17, 15) is 4.79 Å². The van der Waals surface area contributed by atoms with Crippen LogP contribution < -0.4 is 10.6 Å². The molecule has 1 atom stereocenters. The summed E-state index contributed by atoms with van der Waals surface area (Å²) in [5, 5.41) is 6.23. The molecule has 1 unspecified atom stereocenters. The number of hydrogen-bond acceptors (Lipinski definition) is 2. The van der Waals surface area contributed by atoms with E-state index >= 15 is 0 Å². The molecule has 3 heteroatoms.